The maximum atomic E-state index is 12.9. The number of carbonyl (C=O) groups is 2. The van der Waals surface area contributed by atoms with Gasteiger partial charge in [0.2, 0.25) is 5.91 Å². The standard InChI is InChI=1S/C22H25ClN2O3/c1-22(21(27)24-14-16-5-3-6-19(13-16)28-2)11-4-12-25(15-22)20(26)17-7-9-18(23)10-8-17/h3,5-10,13H,4,11-12,14-15H2,1-2H3,(H,24,27)/t22-/m1/s1. The molecule has 1 saturated heterocycles. The summed E-state index contributed by atoms with van der Waals surface area (Å²) in [4.78, 5) is 27.5. The highest BCUT2D eigenvalue weighted by atomic mass is 35.5. The Bertz CT molecular complexity index is 853. The second-order valence-corrected chi connectivity index (χ2v) is 7.87. The van der Waals surface area contributed by atoms with E-state index < -0.39 is 5.41 Å². The van der Waals surface area contributed by atoms with Crippen LogP contribution >= 0.6 is 11.6 Å². The molecule has 2 aromatic carbocycles. The van der Waals surface area contributed by atoms with Crippen molar-refractivity contribution in [2.24, 2.45) is 5.41 Å². The highest BCUT2D eigenvalue weighted by Gasteiger charge is 2.39. The van der Waals surface area contributed by atoms with Crippen LogP contribution in [0.4, 0.5) is 0 Å². The molecule has 0 radical (unpaired) electrons. The molecule has 1 heterocycles. The lowest BCUT2D eigenvalue weighted by Gasteiger charge is -2.39. The van der Waals surface area contributed by atoms with Gasteiger partial charge in [-0.1, -0.05) is 23.7 Å². The van der Waals surface area contributed by atoms with Gasteiger partial charge in [0.15, 0.2) is 0 Å². The number of likely N-dealkylation sites (tertiary alicyclic amines) is 1. The molecule has 0 aliphatic carbocycles. The van der Waals surface area contributed by atoms with Crippen molar-refractivity contribution in [3.05, 3.63) is 64.7 Å². The van der Waals surface area contributed by atoms with Crippen LogP contribution in [0.2, 0.25) is 5.02 Å². The van der Waals surface area contributed by atoms with Gasteiger partial charge in [-0.05, 0) is 61.7 Å². The van der Waals surface area contributed by atoms with E-state index in [1.54, 1.807) is 36.3 Å². The SMILES string of the molecule is COc1cccc(CNC(=O)[C@]2(C)CCCN(C(=O)c3ccc(Cl)cc3)C2)c1. The maximum absolute atomic E-state index is 12.9. The first-order chi connectivity index (χ1) is 13.4. The number of hydrogen-bond donors (Lipinski definition) is 1. The number of hydrogen-bond acceptors (Lipinski definition) is 3. The molecular weight excluding hydrogens is 376 g/mol. The third-order valence-electron chi connectivity index (χ3n) is 5.21. The molecular formula is C22H25ClN2O3. The van der Waals surface area contributed by atoms with Crippen LogP contribution in [-0.4, -0.2) is 36.9 Å². The molecule has 2 aromatic rings. The van der Waals surface area contributed by atoms with Crippen LogP contribution in [0.1, 0.15) is 35.7 Å². The number of benzene rings is 2. The lowest BCUT2D eigenvalue weighted by Crippen LogP contribution is -2.51. The van der Waals surface area contributed by atoms with E-state index in [4.69, 9.17) is 16.3 Å². The average Bonchev–Trinajstić information content (AvgIpc) is 2.72. The highest BCUT2D eigenvalue weighted by molar-refractivity contribution is 6.30. The molecule has 0 saturated carbocycles. The van der Waals surface area contributed by atoms with Gasteiger partial charge in [0.1, 0.15) is 5.75 Å². The topological polar surface area (TPSA) is 58.6 Å². The van der Waals surface area contributed by atoms with Gasteiger partial charge in [-0.3, -0.25) is 9.59 Å². The second-order valence-electron chi connectivity index (χ2n) is 7.43. The summed E-state index contributed by atoms with van der Waals surface area (Å²) < 4.78 is 5.22. The molecule has 5 nitrogen and oxygen atoms in total. The number of nitrogens with zero attached hydrogens (tertiary/aromatic N) is 1. The fourth-order valence-corrected chi connectivity index (χ4v) is 3.68. The van der Waals surface area contributed by atoms with Crippen LogP contribution in [-0.2, 0) is 11.3 Å². The van der Waals surface area contributed by atoms with E-state index in [1.807, 2.05) is 31.2 Å². The third-order valence-corrected chi connectivity index (χ3v) is 5.46. The van der Waals surface area contributed by atoms with Crippen molar-refractivity contribution in [1.29, 1.82) is 0 Å². The van der Waals surface area contributed by atoms with Crippen molar-refractivity contribution in [2.45, 2.75) is 26.3 Å². The number of piperidine rings is 1. The fourth-order valence-electron chi connectivity index (χ4n) is 3.55. The minimum Gasteiger partial charge on any atom is -0.497 e. The lowest BCUT2D eigenvalue weighted by atomic mass is 9.80. The number of rotatable bonds is 5. The van der Waals surface area contributed by atoms with Crippen molar-refractivity contribution in [2.75, 3.05) is 20.2 Å². The molecule has 148 valence electrons. The molecule has 1 fully saturated rings. The summed E-state index contributed by atoms with van der Waals surface area (Å²) in [5, 5.41) is 3.61. The molecule has 1 aliphatic rings. The Morgan fingerprint density at radius 2 is 1.96 bits per heavy atom. The largest absolute Gasteiger partial charge is 0.497 e. The minimum absolute atomic E-state index is 0.0380. The van der Waals surface area contributed by atoms with Gasteiger partial charge in [-0.15, -0.1) is 0 Å². The first kappa shape index (κ1) is 20.2. The summed E-state index contributed by atoms with van der Waals surface area (Å²) in [6, 6.07) is 14.5. The predicted octanol–water partition coefficient (Wildman–Crippen LogP) is 3.91. The molecule has 6 heteroatoms. The Hall–Kier alpha value is -2.53. The maximum Gasteiger partial charge on any atom is 0.253 e. The van der Waals surface area contributed by atoms with Crippen molar-refractivity contribution in [1.82, 2.24) is 10.2 Å². The van der Waals surface area contributed by atoms with Gasteiger partial charge in [-0.2, -0.15) is 0 Å². The molecule has 28 heavy (non-hydrogen) atoms. The Balaban J connectivity index is 1.64. The Morgan fingerprint density at radius 1 is 1.21 bits per heavy atom. The summed E-state index contributed by atoms with van der Waals surface area (Å²) in [5.41, 5.74) is 0.950. The zero-order chi connectivity index (χ0) is 20.1. The molecule has 3 rings (SSSR count). The molecule has 0 aromatic heterocycles. The number of ether oxygens (including phenoxy) is 1. The summed E-state index contributed by atoms with van der Waals surface area (Å²) >= 11 is 5.91. The highest BCUT2D eigenvalue weighted by Crippen LogP contribution is 2.31. The van der Waals surface area contributed by atoms with Crippen molar-refractivity contribution >= 4 is 23.4 Å². The quantitative estimate of drug-likeness (QED) is 0.827. The van der Waals surface area contributed by atoms with Gasteiger partial charge in [0.25, 0.3) is 5.91 Å². The number of methoxy groups -OCH3 is 1. The van der Waals surface area contributed by atoms with E-state index in [-0.39, 0.29) is 11.8 Å². The summed E-state index contributed by atoms with van der Waals surface area (Å²) in [5.74, 6) is 0.655. The molecule has 2 amide bonds. The molecule has 1 N–H and O–H groups in total. The summed E-state index contributed by atoms with van der Waals surface area (Å²) in [6.45, 7) is 3.41. The number of amides is 2. The predicted molar refractivity (Wildman–Crippen MR) is 110 cm³/mol. The minimum atomic E-state index is -0.612. The number of nitrogens with one attached hydrogen (secondary N) is 1. The molecule has 1 atom stereocenters. The first-order valence-electron chi connectivity index (χ1n) is 9.37. The van der Waals surface area contributed by atoms with Crippen LogP contribution in [0.5, 0.6) is 5.75 Å². The van der Waals surface area contributed by atoms with Crippen LogP contribution in [0, 0.1) is 5.41 Å². The van der Waals surface area contributed by atoms with Gasteiger partial charge < -0.3 is 15.0 Å². The van der Waals surface area contributed by atoms with E-state index in [2.05, 4.69) is 5.32 Å². The van der Waals surface area contributed by atoms with Gasteiger partial charge in [0, 0.05) is 30.2 Å². The van der Waals surface area contributed by atoms with E-state index in [9.17, 15) is 9.59 Å². The van der Waals surface area contributed by atoms with E-state index in [0.717, 1.165) is 24.2 Å². The normalized spacial score (nSPS) is 19.2. The van der Waals surface area contributed by atoms with Gasteiger partial charge in [-0.25, -0.2) is 0 Å². The monoisotopic (exact) mass is 400 g/mol. The van der Waals surface area contributed by atoms with E-state index in [1.165, 1.54) is 0 Å². The van der Waals surface area contributed by atoms with Crippen LogP contribution in [0.3, 0.4) is 0 Å². The summed E-state index contributed by atoms with van der Waals surface area (Å²) in [7, 11) is 1.62. The van der Waals surface area contributed by atoms with Crippen molar-refractivity contribution in [3.63, 3.8) is 0 Å². The Labute approximate surface area is 170 Å². The second kappa shape index (κ2) is 8.65. The van der Waals surface area contributed by atoms with Crippen LogP contribution < -0.4 is 10.1 Å². The third kappa shape index (κ3) is 4.65. The first-order valence-corrected chi connectivity index (χ1v) is 9.75. The van der Waals surface area contributed by atoms with E-state index in [0.29, 0.717) is 30.2 Å². The fraction of sp³-hybridized carbons (Fsp3) is 0.364. The Kier molecular flexibility index (Phi) is 6.25. The number of carbonyl (C=O) groups excluding carboxylic acids is 2. The van der Waals surface area contributed by atoms with Crippen molar-refractivity contribution in [3.8, 4) is 5.75 Å². The molecule has 1 aliphatic heterocycles. The molecule has 0 bridgehead atoms. The number of halogens is 1. The zero-order valence-corrected chi connectivity index (χ0v) is 17.0. The smallest absolute Gasteiger partial charge is 0.253 e. The van der Waals surface area contributed by atoms with Crippen LogP contribution in [0.15, 0.2) is 48.5 Å². The van der Waals surface area contributed by atoms with Crippen LogP contribution in [0.25, 0.3) is 0 Å². The van der Waals surface area contributed by atoms with Gasteiger partial charge >= 0.3 is 0 Å². The Morgan fingerprint density at radius 3 is 2.68 bits per heavy atom. The van der Waals surface area contributed by atoms with Gasteiger partial charge in [0.05, 0.1) is 12.5 Å². The molecule has 0 unspecified atom stereocenters. The molecule has 0 spiro atoms. The van der Waals surface area contributed by atoms with E-state index >= 15 is 0 Å². The van der Waals surface area contributed by atoms with Crippen molar-refractivity contribution < 1.29 is 14.3 Å². The average molecular weight is 401 g/mol. The zero-order valence-electron chi connectivity index (χ0n) is 16.2. The lowest BCUT2D eigenvalue weighted by molar-refractivity contribution is -0.132. The summed E-state index contributed by atoms with van der Waals surface area (Å²) in [6.07, 6.45) is 1.55.